The number of thiazole rings is 1. The Morgan fingerprint density at radius 2 is 1.36 bits per heavy atom. The van der Waals surface area contributed by atoms with Gasteiger partial charge >= 0.3 is 19.3 Å². The van der Waals surface area contributed by atoms with Gasteiger partial charge in [0.25, 0.3) is 0 Å². The second-order valence-electron chi connectivity index (χ2n) is 7.50. The fourth-order valence-corrected chi connectivity index (χ4v) is 4.10. The van der Waals surface area contributed by atoms with E-state index in [1.807, 2.05) is 36.4 Å². The van der Waals surface area contributed by atoms with E-state index in [1.54, 1.807) is 11.3 Å². The lowest BCUT2D eigenvalue weighted by molar-refractivity contribution is -0.658. The molecule has 0 saturated carbocycles. The van der Waals surface area contributed by atoms with Gasteiger partial charge in [0.15, 0.2) is 6.54 Å². The number of benzene rings is 3. The lowest BCUT2D eigenvalue weighted by Crippen LogP contribution is -2.36. The summed E-state index contributed by atoms with van der Waals surface area (Å²) < 4.78 is 113. The Labute approximate surface area is 202 Å². The summed E-state index contributed by atoms with van der Waals surface area (Å²) >= 11 is 1.73. The Morgan fingerprint density at radius 1 is 0.806 bits per heavy atom. The molecule has 0 atom stereocenters. The van der Waals surface area contributed by atoms with Crippen LogP contribution >= 0.6 is 11.3 Å². The standard InChI is InChI=1S/C15H11N2S.C8H3BF9/c16-9-12-5-1-2-6-13(12)10-17-11-18-15-8-4-3-7-14(15)17;10-7(11,12)4-1-5(8(13,14)15)3-6(2-4)9(16,17)18/h1-8,11H,10H2;1-3H/q+1;-1. The van der Waals surface area contributed by atoms with Crippen molar-refractivity contribution in [2.75, 3.05) is 0 Å². The van der Waals surface area contributed by atoms with Gasteiger partial charge in [-0.05, 0) is 18.2 Å². The Morgan fingerprint density at radius 3 is 1.92 bits per heavy atom. The SMILES string of the molecule is F[B-](F)(F)c1cc(C(F)(F)F)cc(C(F)(F)F)c1.N#Cc1ccccc1C[n+]1csc2ccccc21. The van der Waals surface area contributed by atoms with Crippen LogP contribution in [0.5, 0.6) is 0 Å². The number of fused-ring (bicyclic) bond motifs is 1. The van der Waals surface area contributed by atoms with Gasteiger partial charge in [-0.1, -0.05) is 53.8 Å². The molecule has 0 aliphatic heterocycles. The molecule has 1 heterocycles. The van der Waals surface area contributed by atoms with Gasteiger partial charge in [-0.3, -0.25) is 0 Å². The molecule has 0 saturated heterocycles. The molecular formula is C23H14BF9N2S. The van der Waals surface area contributed by atoms with Gasteiger partial charge < -0.3 is 12.9 Å². The monoisotopic (exact) mass is 532 g/mol. The van der Waals surface area contributed by atoms with Gasteiger partial charge in [-0.2, -0.15) is 36.2 Å². The number of para-hydroxylation sites is 1. The molecule has 4 rings (SSSR count). The van der Waals surface area contributed by atoms with Crippen molar-refractivity contribution in [3.63, 3.8) is 0 Å². The Bertz CT molecular complexity index is 1320. The van der Waals surface area contributed by atoms with Crippen molar-refractivity contribution in [3.8, 4) is 6.07 Å². The topological polar surface area (TPSA) is 27.7 Å². The van der Waals surface area contributed by atoms with Gasteiger partial charge in [0, 0.05) is 11.6 Å². The summed E-state index contributed by atoms with van der Waals surface area (Å²) in [5.41, 5.74) is -0.752. The van der Waals surface area contributed by atoms with Crippen LogP contribution in [0.1, 0.15) is 22.3 Å². The lowest BCUT2D eigenvalue weighted by atomic mass is 9.78. The molecule has 0 aliphatic carbocycles. The first kappa shape index (κ1) is 27.1. The summed E-state index contributed by atoms with van der Waals surface area (Å²) in [7, 11) is 0. The average Bonchev–Trinajstić information content (AvgIpc) is 3.21. The Kier molecular flexibility index (Phi) is 7.69. The Balaban J connectivity index is 0.000000201. The molecule has 0 fully saturated rings. The van der Waals surface area contributed by atoms with E-state index < -0.39 is 35.9 Å². The number of nitriles is 1. The largest absolute Gasteiger partial charge is 0.509 e. The van der Waals surface area contributed by atoms with Gasteiger partial charge in [-0.25, -0.2) is 0 Å². The summed E-state index contributed by atoms with van der Waals surface area (Å²) in [6.45, 7) is -5.21. The summed E-state index contributed by atoms with van der Waals surface area (Å²) in [5.74, 6) is 0. The molecule has 1 aromatic heterocycles. The smallest absolute Gasteiger partial charge is 0.445 e. The highest BCUT2D eigenvalue weighted by Crippen LogP contribution is 2.35. The zero-order valence-corrected chi connectivity index (χ0v) is 18.7. The molecule has 3 aromatic carbocycles. The number of rotatable bonds is 3. The third kappa shape index (κ3) is 6.57. The van der Waals surface area contributed by atoms with Gasteiger partial charge in [0.2, 0.25) is 11.0 Å². The number of hydrogen-bond acceptors (Lipinski definition) is 2. The van der Waals surface area contributed by atoms with Crippen LogP contribution in [0.15, 0.2) is 72.2 Å². The quantitative estimate of drug-likeness (QED) is 0.161. The normalized spacial score (nSPS) is 12.1. The first-order valence-electron chi connectivity index (χ1n) is 10.0. The van der Waals surface area contributed by atoms with Crippen LogP contribution in [-0.2, 0) is 18.9 Å². The van der Waals surface area contributed by atoms with Crippen LogP contribution in [0.2, 0.25) is 0 Å². The van der Waals surface area contributed by atoms with E-state index in [0.717, 1.165) is 17.7 Å². The molecular weight excluding hydrogens is 518 g/mol. The molecule has 0 bridgehead atoms. The number of aromatic nitrogens is 1. The average molecular weight is 532 g/mol. The minimum atomic E-state index is -5.95. The number of nitrogens with zero attached hydrogens (tertiary/aromatic N) is 2. The van der Waals surface area contributed by atoms with E-state index in [1.165, 1.54) is 10.2 Å². The van der Waals surface area contributed by atoms with E-state index in [4.69, 9.17) is 5.26 Å². The summed E-state index contributed by atoms with van der Waals surface area (Å²) in [6.07, 6.45) is -10.6. The van der Waals surface area contributed by atoms with Crippen LogP contribution < -0.4 is 10.0 Å². The predicted molar refractivity (Wildman–Crippen MR) is 117 cm³/mol. The van der Waals surface area contributed by atoms with Gasteiger partial charge in [-0.15, -0.1) is 5.46 Å². The van der Waals surface area contributed by atoms with Crippen molar-refractivity contribution in [3.05, 3.63) is 94.5 Å². The van der Waals surface area contributed by atoms with Crippen molar-refractivity contribution >= 4 is 34.0 Å². The molecule has 0 aliphatic rings. The molecule has 0 unspecified atom stereocenters. The van der Waals surface area contributed by atoms with Crippen LogP contribution in [0.25, 0.3) is 10.2 Å². The zero-order valence-electron chi connectivity index (χ0n) is 17.9. The molecule has 0 amide bonds. The van der Waals surface area contributed by atoms with Crippen LogP contribution in [0, 0.1) is 11.3 Å². The van der Waals surface area contributed by atoms with Gasteiger partial charge in [0.1, 0.15) is 4.70 Å². The summed E-state index contributed by atoms with van der Waals surface area (Å²) in [5, 5.41) is 9.10. The van der Waals surface area contributed by atoms with Gasteiger partial charge in [0.05, 0.1) is 22.8 Å². The molecule has 36 heavy (non-hydrogen) atoms. The van der Waals surface area contributed by atoms with Crippen molar-refractivity contribution in [1.82, 2.24) is 0 Å². The molecule has 2 nitrogen and oxygen atoms in total. The maximum Gasteiger partial charge on any atom is 0.509 e. The van der Waals surface area contributed by atoms with Crippen LogP contribution in [-0.4, -0.2) is 6.98 Å². The van der Waals surface area contributed by atoms with Crippen LogP contribution in [0.3, 0.4) is 0 Å². The second-order valence-corrected chi connectivity index (χ2v) is 8.39. The minimum Gasteiger partial charge on any atom is -0.445 e. The van der Waals surface area contributed by atoms with Crippen molar-refractivity contribution in [2.24, 2.45) is 0 Å². The van der Waals surface area contributed by atoms with E-state index in [9.17, 15) is 39.3 Å². The summed E-state index contributed by atoms with van der Waals surface area (Å²) in [6, 6.07) is 17.3. The maximum atomic E-state index is 12.3. The van der Waals surface area contributed by atoms with E-state index in [0.29, 0.717) is 0 Å². The zero-order chi connectivity index (χ0) is 26.7. The second kappa shape index (κ2) is 10.2. The highest BCUT2D eigenvalue weighted by Gasteiger charge is 2.39. The lowest BCUT2D eigenvalue weighted by Gasteiger charge is -2.19. The number of hydrogen-bond donors (Lipinski definition) is 0. The number of halogens is 9. The molecule has 0 radical (unpaired) electrons. The third-order valence-electron chi connectivity index (χ3n) is 4.95. The molecule has 4 aromatic rings. The molecule has 188 valence electrons. The number of alkyl halides is 6. The molecule has 0 spiro atoms. The highest BCUT2D eigenvalue weighted by molar-refractivity contribution is 7.16. The molecule has 0 N–H and O–H groups in total. The van der Waals surface area contributed by atoms with Crippen molar-refractivity contribution in [2.45, 2.75) is 18.9 Å². The minimum absolute atomic E-state index is 0.338. The van der Waals surface area contributed by atoms with E-state index >= 15 is 0 Å². The predicted octanol–water partition coefficient (Wildman–Crippen LogP) is 6.89. The third-order valence-corrected chi connectivity index (χ3v) is 5.91. The Hall–Kier alpha value is -3.53. The highest BCUT2D eigenvalue weighted by atomic mass is 32.1. The fraction of sp³-hybridized carbons (Fsp3) is 0.130. The van der Waals surface area contributed by atoms with Crippen molar-refractivity contribution in [1.29, 1.82) is 5.26 Å². The maximum absolute atomic E-state index is 12.3. The van der Waals surface area contributed by atoms with Crippen LogP contribution in [0.4, 0.5) is 39.3 Å². The van der Waals surface area contributed by atoms with E-state index in [2.05, 4.69) is 28.3 Å². The fourth-order valence-electron chi connectivity index (χ4n) is 3.21. The van der Waals surface area contributed by atoms with E-state index in [-0.39, 0.29) is 18.2 Å². The first-order valence-corrected chi connectivity index (χ1v) is 10.9. The first-order chi connectivity index (χ1) is 16.7. The summed E-state index contributed by atoms with van der Waals surface area (Å²) in [4.78, 5) is 0. The molecule has 13 heteroatoms. The van der Waals surface area contributed by atoms with Crippen molar-refractivity contribution < 1.29 is 43.9 Å².